The first-order valence-corrected chi connectivity index (χ1v) is 7.81. The van der Waals surface area contributed by atoms with Crippen molar-refractivity contribution in [1.29, 1.82) is 0 Å². The molecule has 1 N–H and O–H groups in total. The average molecular weight is 272 g/mol. The van der Waals surface area contributed by atoms with Crippen LogP contribution < -0.4 is 10.2 Å². The van der Waals surface area contributed by atoms with E-state index in [0.29, 0.717) is 12.5 Å². The summed E-state index contributed by atoms with van der Waals surface area (Å²) in [6, 6.07) is 8.80. The molecule has 1 saturated heterocycles. The van der Waals surface area contributed by atoms with Gasteiger partial charge in [0.15, 0.2) is 0 Å². The first kappa shape index (κ1) is 13.5. The van der Waals surface area contributed by atoms with E-state index in [4.69, 9.17) is 0 Å². The fourth-order valence-electron chi connectivity index (χ4n) is 3.28. The average Bonchev–Trinajstić information content (AvgIpc) is 2.79. The third-order valence-electron chi connectivity index (χ3n) is 4.75. The minimum absolute atomic E-state index is 0.257. The summed E-state index contributed by atoms with van der Waals surface area (Å²) >= 11 is 0. The summed E-state index contributed by atoms with van der Waals surface area (Å²) in [7, 11) is 0. The topological polar surface area (TPSA) is 32.3 Å². The maximum Gasteiger partial charge on any atom is 0.227 e. The molecule has 0 atom stereocenters. The molecule has 1 amide bonds. The van der Waals surface area contributed by atoms with Crippen molar-refractivity contribution < 1.29 is 4.79 Å². The minimum atomic E-state index is 0.257. The van der Waals surface area contributed by atoms with Gasteiger partial charge in [-0.05, 0) is 43.2 Å². The Hall–Kier alpha value is -1.51. The van der Waals surface area contributed by atoms with E-state index in [-0.39, 0.29) is 5.91 Å². The van der Waals surface area contributed by atoms with E-state index in [1.165, 1.54) is 12.8 Å². The maximum atomic E-state index is 11.9. The lowest BCUT2D eigenvalue weighted by atomic mass is 9.73. The zero-order chi connectivity index (χ0) is 14.1. The van der Waals surface area contributed by atoms with Crippen molar-refractivity contribution in [2.45, 2.75) is 45.6 Å². The third kappa shape index (κ3) is 2.54. The van der Waals surface area contributed by atoms with E-state index >= 15 is 0 Å². The van der Waals surface area contributed by atoms with Crippen LogP contribution in [0.15, 0.2) is 24.3 Å². The van der Waals surface area contributed by atoms with Crippen molar-refractivity contribution in [3.8, 4) is 0 Å². The van der Waals surface area contributed by atoms with Crippen molar-refractivity contribution in [1.82, 2.24) is 0 Å². The number of amides is 1. The Labute approximate surface area is 121 Å². The number of nitrogens with zero attached hydrogens (tertiary/aromatic N) is 1. The van der Waals surface area contributed by atoms with Crippen LogP contribution >= 0.6 is 0 Å². The Balaban J connectivity index is 1.69. The van der Waals surface area contributed by atoms with Crippen LogP contribution in [0.4, 0.5) is 11.4 Å². The fraction of sp³-hybridized carbons (Fsp3) is 0.588. The quantitative estimate of drug-likeness (QED) is 0.907. The molecular weight excluding hydrogens is 248 g/mol. The van der Waals surface area contributed by atoms with Gasteiger partial charge in [-0.1, -0.05) is 26.0 Å². The predicted molar refractivity (Wildman–Crippen MR) is 83.0 cm³/mol. The molecule has 20 heavy (non-hydrogen) atoms. The standard InChI is InChI=1S/C17H24N2O/c1-12(2)13-10-14(11-13)18-15-6-3-4-7-16(15)19-9-5-8-17(19)20/h3-4,6-7,12-14,18H,5,8-11H2,1-2H3. The van der Waals surface area contributed by atoms with Crippen LogP contribution in [0.25, 0.3) is 0 Å². The van der Waals surface area contributed by atoms with Crippen LogP contribution in [0.2, 0.25) is 0 Å². The zero-order valence-electron chi connectivity index (χ0n) is 12.4. The van der Waals surface area contributed by atoms with Crippen molar-refractivity contribution in [3.05, 3.63) is 24.3 Å². The normalized spacial score (nSPS) is 25.9. The number of anilines is 2. The van der Waals surface area contributed by atoms with E-state index in [1.54, 1.807) is 0 Å². The lowest BCUT2D eigenvalue weighted by Gasteiger charge is -2.39. The van der Waals surface area contributed by atoms with Gasteiger partial charge in [-0.25, -0.2) is 0 Å². The van der Waals surface area contributed by atoms with Crippen LogP contribution in [0.1, 0.15) is 39.5 Å². The summed E-state index contributed by atoms with van der Waals surface area (Å²) in [6.07, 6.45) is 4.17. The lowest BCUT2D eigenvalue weighted by Crippen LogP contribution is -2.38. The van der Waals surface area contributed by atoms with Crippen molar-refractivity contribution >= 4 is 17.3 Å². The van der Waals surface area contributed by atoms with Crippen LogP contribution in [-0.4, -0.2) is 18.5 Å². The van der Waals surface area contributed by atoms with Crippen LogP contribution in [0.5, 0.6) is 0 Å². The van der Waals surface area contributed by atoms with Gasteiger partial charge in [-0.3, -0.25) is 4.79 Å². The summed E-state index contributed by atoms with van der Waals surface area (Å²) in [5.74, 6) is 1.89. The summed E-state index contributed by atoms with van der Waals surface area (Å²) in [5.41, 5.74) is 2.18. The van der Waals surface area contributed by atoms with Gasteiger partial charge in [0, 0.05) is 19.0 Å². The first-order chi connectivity index (χ1) is 9.65. The molecule has 1 aliphatic heterocycles. The molecule has 3 nitrogen and oxygen atoms in total. The molecule has 1 aromatic carbocycles. The van der Waals surface area contributed by atoms with Crippen LogP contribution in [0, 0.1) is 11.8 Å². The predicted octanol–water partition coefficient (Wildman–Crippen LogP) is 3.66. The first-order valence-electron chi connectivity index (χ1n) is 7.81. The van der Waals surface area contributed by atoms with E-state index in [2.05, 4.69) is 31.3 Å². The zero-order valence-corrected chi connectivity index (χ0v) is 12.4. The second-order valence-corrected chi connectivity index (χ2v) is 6.48. The molecular formula is C17H24N2O. The summed E-state index contributed by atoms with van der Waals surface area (Å²) in [6.45, 7) is 5.46. The largest absolute Gasteiger partial charge is 0.381 e. The van der Waals surface area contributed by atoms with Gasteiger partial charge in [-0.15, -0.1) is 0 Å². The second kappa shape index (κ2) is 5.47. The summed E-state index contributed by atoms with van der Waals surface area (Å²) < 4.78 is 0. The molecule has 108 valence electrons. The van der Waals surface area contributed by atoms with Gasteiger partial charge in [-0.2, -0.15) is 0 Å². The Morgan fingerprint density at radius 1 is 1.25 bits per heavy atom. The van der Waals surface area contributed by atoms with Crippen LogP contribution in [-0.2, 0) is 4.79 Å². The Morgan fingerprint density at radius 2 is 2.00 bits per heavy atom. The molecule has 3 heteroatoms. The number of carbonyl (C=O) groups is 1. The number of benzene rings is 1. The fourth-order valence-corrected chi connectivity index (χ4v) is 3.28. The number of nitrogens with one attached hydrogen (secondary N) is 1. The molecule has 1 aliphatic carbocycles. The van der Waals surface area contributed by atoms with Crippen molar-refractivity contribution in [2.24, 2.45) is 11.8 Å². The monoisotopic (exact) mass is 272 g/mol. The van der Waals surface area contributed by atoms with Gasteiger partial charge in [0.1, 0.15) is 0 Å². The molecule has 2 fully saturated rings. The number of para-hydroxylation sites is 2. The number of hydrogen-bond donors (Lipinski definition) is 1. The van der Waals surface area contributed by atoms with Crippen molar-refractivity contribution in [2.75, 3.05) is 16.8 Å². The molecule has 3 rings (SSSR count). The van der Waals surface area contributed by atoms with Gasteiger partial charge >= 0.3 is 0 Å². The van der Waals surface area contributed by atoms with E-state index in [0.717, 1.165) is 36.2 Å². The molecule has 0 radical (unpaired) electrons. The maximum absolute atomic E-state index is 11.9. The molecule has 0 unspecified atom stereocenters. The molecule has 0 spiro atoms. The molecule has 0 aromatic heterocycles. The Bertz CT molecular complexity index is 492. The smallest absolute Gasteiger partial charge is 0.227 e. The van der Waals surface area contributed by atoms with Gasteiger partial charge in [0.25, 0.3) is 0 Å². The van der Waals surface area contributed by atoms with Gasteiger partial charge < -0.3 is 10.2 Å². The number of rotatable bonds is 4. The van der Waals surface area contributed by atoms with E-state index < -0.39 is 0 Å². The highest BCUT2D eigenvalue weighted by Gasteiger charge is 2.32. The summed E-state index contributed by atoms with van der Waals surface area (Å²) in [5, 5.41) is 3.64. The highest BCUT2D eigenvalue weighted by atomic mass is 16.2. The molecule has 1 saturated carbocycles. The summed E-state index contributed by atoms with van der Waals surface area (Å²) in [4.78, 5) is 13.9. The van der Waals surface area contributed by atoms with Gasteiger partial charge in [0.2, 0.25) is 5.91 Å². The minimum Gasteiger partial charge on any atom is -0.381 e. The van der Waals surface area contributed by atoms with E-state index in [9.17, 15) is 4.79 Å². The lowest BCUT2D eigenvalue weighted by molar-refractivity contribution is -0.117. The third-order valence-corrected chi connectivity index (χ3v) is 4.75. The SMILES string of the molecule is CC(C)C1CC(Nc2ccccc2N2CCCC2=O)C1. The molecule has 1 heterocycles. The van der Waals surface area contributed by atoms with Gasteiger partial charge in [0.05, 0.1) is 11.4 Å². The highest BCUT2D eigenvalue weighted by molar-refractivity contribution is 5.98. The Kier molecular flexibility index (Phi) is 3.68. The highest BCUT2D eigenvalue weighted by Crippen LogP contribution is 2.38. The molecule has 1 aromatic rings. The number of hydrogen-bond acceptors (Lipinski definition) is 2. The molecule has 2 aliphatic rings. The molecule has 0 bridgehead atoms. The van der Waals surface area contributed by atoms with Crippen LogP contribution in [0.3, 0.4) is 0 Å². The number of carbonyl (C=O) groups excluding carboxylic acids is 1. The second-order valence-electron chi connectivity index (χ2n) is 6.48. The Morgan fingerprint density at radius 3 is 2.65 bits per heavy atom. The van der Waals surface area contributed by atoms with Crippen molar-refractivity contribution in [3.63, 3.8) is 0 Å². The van der Waals surface area contributed by atoms with E-state index in [1.807, 2.05) is 17.0 Å².